The summed E-state index contributed by atoms with van der Waals surface area (Å²) in [5.41, 5.74) is 4.86. The van der Waals surface area contributed by atoms with Gasteiger partial charge in [-0.15, -0.1) is 0 Å². The van der Waals surface area contributed by atoms with Crippen molar-refractivity contribution in [3.8, 4) is 0 Å². The van der Waals surface area contributed by atoms with Crippen LogP contribution in [-0.4, -0.2) is 26.9 Å². The smallest absolute Gasteiger partial charge is 0.335 e. The Hall–Kier alpha value is -1.76. The Kier molecular flexibility index (Phi) is 4.55. The largest absolute Gasteiger partial charge is 0.478 e. The van der Waals surface area contributed by atoms with Gasteiger partial charge < -0.3 is 10.8 Å². The third-order valence-corrected chi connectivity index (χ3v) is 3.92. The van der Waals surface area contributed by atoms with E-state index in [1.165, 1.54) is 6.92 Å². The second-order valence-corrected chi connectivity index (χ2v) is 5.23. The lowest BCUT2D eigenvalue weighted by Gasteiger charge is -2.08. The maximum atomic E-state index is 13.4. The van der Waals surface area contributed by atoms with Crippen LogP contribution in [0.4, 0.5) is 4.39 Å². The van der Waals surface area contributed by atoms with Gasteiger partial charge in [-0.25, -0.2) is 9.18 Å². The van der Waals surface area contributed by atoms with Gasteiger partial charge in [0, 0.05) is 11.7 Å². The van der Waals surface area contributed by atoms with Gasteiger partial charge in [0.2, 0.25) is 5.91 Å². The first-order chi connectivity index (χ1) is 8.32. The summed E-state index contributed by atoms with van der Waals surface area (Å²) in [5.74, 6) is -3.47. The topological polar surface area (TPSA) is 97.5 Å². The Morgan fingerprint density at radius 2 is 2.11 bits per heavy atom. The van der Waals surface area contributed by atoms with Gasteiger partial charge >= 0.3 is 5.97 Å². The Morgan fingerprint density at radius 1 is 1.50 bits per heavy atom. The zero-order valence-corrected chi connectivity index (χ0v) is 10.4. The number of primary amides is 1. The first-order valence-corrected chi connectivity index (χ1v) is 6.35. The third kappa shape index (κ3) is 3.36. The molecule has 0 aliphatic heterocycles. The van der Waals surface area contributed by atoms with E-state index in [2.05, 4.69) is 0 Å². The maximum Gasteiger partial charge on any atom is 0.335 e. The normalized spacial score (nSPS) is 13.9. The molecule has 0 radical (unpaired) electrons. The van der Waals surface area contributed by atoms with E-state index in [1.807, 2.05) is 0 Å². The van der Waals surface area contributed by atoms with E-state index >= 15 is 0 Å². The summed E-state index contributed by atoms with van der Waals surface area (Å²) in [6.45, 7) is 1.47. The molecule has 2 atom stereocenters. The zero-order chi connectivity index (χ0) is 13.9. The maximum absolute atomic E-state index is 13.4. The lowest BCUT2D eigenvalue weighted by Crippen LogP contribution is -2.25. The number of carbonyl (C=O) groups is 2. The lowest BCUT2D eigenvalue weighted by molar-refractivity contribution is -0.120. The van der Waals surface area contributed by atoms with Crippen LogP contribution in [0, 0.1) is 11.7 Å². The van der Waals surface area contributed by atoms with E-state index in [-0.39, 0.29) is 16.2 Å². The molecular formula is C11H12FNO4S. The number of benzene rings is 1. The fourth-order valence-corrected chi connectivity index (χ4v) is 2.55. The van der Waals surface area contributed by atoms with Crippen molar-refractivity contribution in [3.05, 3.63) is 29.6 Å². The van der Waals surface area contributed by atoms with Crippen molar-refractivity contribution in [3.63, 3.8) is 0 Å². The first-order valence-electron chi connectivity index (χ1n) is 5.03. The average molecular weight is 273 g/mol. The molecule has 0 saturated heterocycles. The number of carboxylic acids is 1. The molecule has 2 unspecified atom stereocenters. The molecule has 0 aliphatic carbocycles. The van der Waals surface area contributed by atoms with Crippen LogP contribution in [0.1, 0.15) is 17.3 Å². The Bertz CT molecular complexity index is 518. The molecule has 1 amide bonds. The second-order valence-electron chi connectivity index (χ2n) is 3.77. The van der Waals surface area contributed by atoms with E-state index in [4.69, 9.17) is 10.8 Å². The van der Waals surface area contributed by atoms with Crippen molar-refractivity contribution in [2.75, 3.05) is 5.75 Å². The van der Waals surface area contributed by atoms with Crippen LogP contribution in [-0.2, 0) is 15.6 Å². The van der Waals surface area contributed by atoms with Crippen LogP contribution in [0.3, 0.4) is 0 Å². The summed E-state index contributed by atoms with van der Waals surface area (Å²) in [5, 5.41) is 8.76. The Labute approximate surface area is 105 Å². The predicted molar refractivity (Wildman–Crippen MR) is 63.0 cm³/mol. The van der Waals surface area contributed by atoms with E-state index in [0.717, 1.165) is 18.2 Å². The van der Waals surface area contributed by atoms with Crippen LogP contribution in [0.2, 0.25) is 0 Å². The molecule has 5 nitrogen and oxygen atoms in total. The minimum Gasteiger partial charge on any atom is -0.478 e. The molecule has 1 rings (SSSR count). The highest BCUT2D eigenvalue weighted by atomic mass is 32.2. The molecule has 0 aromatic heterocycles. The predicted octanol–water partition coefficient (Wildman–Crippen LogP) is 0.753. The number of nitrogens with two attached hydrogens (primary N) is 1. The second kappa shape index (κ2) is 5.72. The quantitative estimate of drug-likeness (QED) is 0.827. The first kappa shape index (κ1) is 14.3. The minimum absolute atomic E-state index is 0.144. The van der Waals surface area contributed by atoms with Gasteiger partial charge in [-0.1, -0.05) is 6.92 Å². The van der Waals surface area contributed by atoms with Gasteiger partial charge in [-0.05, 0) is 18.2 Å². The monoisotopic (exact) mass is 273 g/mol. The lowest BCUT2D eigenvalue weighted by atomic mass is 10.2. The summed E-state index contributed by atoms with van der Waals surface area (Å²) in [6, 6.07) is 3.02. The standard InChI is InChI=1S/C11H12FNO4S/c1-6(10(13)14)5-18(17)9-4-7(11(15)16)2-3-8(9)12/h2-4,6H,5H2,1H3,(H2,13,14)(H,15,16). The number of amides is 1. The Morgan fingerprint density at radius 3 is 2.61 bits per heavy atom. The van der Waals surface area contributed by atoms with Gasteiger partial charge in [-0.3, -0.25) is 9.00 Å². The van der Waals surface area contributed by atoms with Crippen molar-refractivity contribution in [1.82, 2.24) is 0 Å². The molecular weight excluding hydrogens is 261 g/mol. The van der Waals surface area contributed by atoms with Gasteiger partial charge in [0.25, 0.3) is 0 Å². The molecule has 0 aliphatic rings. The third-order valence-electron chi connectivity index (χ3n) is 2.31. The molecule has 7 heteroatoms. The molecule has 1 aromatic rings. The number of rotatable bonds is 5. The van der Waals surface area contributed by atoms with E-state index in [9.17, 15) is 18.2 Å². The number of halogens is 1. The molecule has 0 bridgehead atoms. The molecule has 0 fully saturated rings. The van der Waals surface area contributed by atoms with Crippen molar-refractivity contribution >= 4 is 22.7 Å². The van der Waals surface area contributed by atoms with Crippen LogP contribution >= 0.6 is 0 Å². The molecule has 1 aromatic carbocycles. The average Bonchev–Trinajstić information content (AvgIpc) is 2.28. The highest BCUT2D eigenvalue weighted by Gasteiger charge is 2.18. The van der Waals surface area contributed by atoms with Gasteiger partial charge in [-0.2, -0.15) is 0 Å². The zero-order valence-electron chi connectivity index (χ0n) is 9.55. The summed E-state index contributed by atoms with van der Waals surface area (Å²) in [7, 11) is -1.81. The number of hydrogen-bond acceptors (Lipinski definition) is 3. The molecule has 0 saturated carbocycles. The Balaban J connectivity index is 3.01. The van der Waals surface area contributed by atoms with Gasteiger partial charge in [0.1, 0.15) is 5.82 Å². The molecule has 0 heterocycles. The van der Waals surface area contributed by atoms with Crippen molar-refractivity contribution in [2.45, 2.75) is 11.8 Å². The number of carbonyl (C=O) groups excluding carboxylic acids is 1. The highest BCUT2D eigenvalue weighted by Crippen LogP contribution is 2.17. The van der Waals surface area contributed by atoms with Crippen molar-refractivity contribution in [2.24, 2.45) is 11.7 Å². The van der Waals surface area contributed by atoms with Crippen molar-refractivity contribution in [1.29, 1.82) is 0 Å². The summed E-state index contributed by atoms with van der Waals surface area (Å²) in [6.07, 6.45) is 0. The van der Waals surface area contributed by atoms with Crippen LogP contribution in [0.15, 0.2) is 23.1 Å². The van der Waals surface area contributed by atoms with E-state index in [1.54, 1.807) is 0 Å². The molecule has 3 N–H and O–H groups in total. The summed E-state index contributed by atoms with van der Waals surface area (Å²) in [4.78, 5) is 21.3. The minimum atomic E-state index is -1.81. The van der Waals surface area contributed by atoms with Crippen LogP contribution < -0.4 is 5.73 Å². The fourth-order valence-electron chi connectivity index (χ4n) is 1.21. The fraction of sp³-hybridized carbons (Fsp3) is 0.273. The number of aromatic carboxylic acids is 1. The molecule has 0 spiro atoms. The van der Waals surface area contributed by atoms with E-state index in [0.29, 0.717) is 0 Å². The number of hydrogen-bond donors (Lipinski definition) is 2. The van der Waals surface area contributed by atoms with Gasteiger partial charge in [0.05, 0.1) is 21.3 Å². The van der Waals surface area contributed by atoms with Gasteiger partial charge in [0.15, 0.2) is 0 Å². The summed E-state index contributed by atoms with van der Waals surface area (Å²) < 4.78 is 25.3. The van der Waals surface area contributed by atoms with Crippen LogP contribution in [0.5, 0.6) is 0 Å². The highest BCUT2D eigenvalue weighted by molar-refractivity contribution is 7.85. The molecule has 18 heavy (non-hydrogen) atoms. The molecule has 98 valence electrons. The summed E-state index contributed by atoms with van der Waals surface area (Å²) >= 11 is 0. The van der Waals surface area contributed by atoms with Crippen LogP contribution in [0.25, 0.3) is 0 Å². The SMILES string of the molecule is CC(CS(=O)c1cc(C(=O)O)ccc1F)C(N)=O. The van der Waals surface area contributed by atoms with Crippen molar-refractivity contribution < 1.29 is 23.3 Å². The van der Waals surface area contributed by atoms with E-state index < -0.39 is 34.4 Å². The number of carboxylic acid groups (broad SMARTS) is 1.